The molecule has 124 valence electrons. The first-order valence-electron chi connectivity index (χ1n) is 7.03. The van der Waals surface area contributed by atoms with Gasteiger partial charge in [0.25, 0.3) is 5.91 Å². The lowest BCUT2D eigenvalue weighted by molar-refractivity contribution is 0.0940. The van der Waals surface area contributed by atoms with Gasteiger partial charge in [-0.3, -0.25) is 9.89 Å². The van der Waals surface area contributed by atoms with Crippen LogP contribution in [0.4, 0.5) is 0 Å². The van der Waals surface area contributed by atoms with Gasteiger partial charge in [0.15, 0.2) is 5.69 Å². The Hall–Kier alpha value is -1.83. The van der Waals surface area contributed by atoms with E-state index in [1.54, 1.807) is 12.1 Å². The first-order chi connectivity index (χ1) is 10.7. The number of nitrogens with zero attached hydrogens (tertiary/aromatic N) is 2. The fourth-order valence-electron chi connectivity index (χ4n) is 2.26. The molecular weight excluding hydrogens is 341 g/mol. The first-order valence-corrected chi connectivity index (χ1v) is 7.41. The summed E-state index contributed by atoms with van der Waals surface area (Å²) in [6.07, 6.45) is 2.37. The van der Waals surface area contributed by atoms with E-state index in [4.69, 9.17) is 16.3 Å². The number of aromatic nitrogens is 3. The molecule has 7 nitrogen and oxygen atoms in total. The number of amides is 1. The van der Waals surface area contributed by atoms with Gasteiger partial charge < -0.3 is 15.4 Å². The molecule has 0 saturated carbocycles. The number of H-pyrrole nitrogens is 1. The standard InChI is InChI=1S/C14H16ClN5O2.ClH/c15-9-1-2-12(18-7-9)22-6-5-17-14(21)13-10-8-16-4-3-11(10)19-20-13;/h1-2,7,16H,3-6,8H2,(H,17,21)(H,19,20);1H. The van der Waals surface area contributed by atoms with Crippen LogP contribution in [0.25, 0.3) is 0 Å². The van der Waals surface area contributed by atoms with Gasteiger partial charge in [0.05, 0.1) is 11.6 Å². The summed E-state index contributed by atoms with van der Waals surface area (Å²) in [6.45, 7) is 2.27. The van der Waals surface area contributed by atoms with Gasteiger partial charge in [-0.2, -0.15) is 5.10 Å². The number of carbonyl (C=O) groups is 1. The number of nitrogens with one attached hydrogen (secondary N) is 3. The van der Waals surface area contributed by atoms with Crippen molar-refractivity contribution >= 4 is 29.9 Å². The molecule has 0 aliphatic carbocycles. The van der Waals surface area contributed by atoms with Crippen molar-refractivity contribution in [2.75, 3.05) is 19.7 Å². The number of aromatic amines is 1. The van der Waals surface area contributed by atoms with Gasteiger partial charge in [-0.15, -0.1) is 12.4 Å². The highest BCUT2D eigenvalue weighted by molar-refractivity contribution is 6.30. The Balaban J connectivity index is 0.00000192. The van der Waals surface area contributed by atoms with E-state index in [1.807, 2.05) is 0 Å². The third kappa shape index (κ3) is 4.34. The monoisotopic (exact) mass is 357 g/mol. The van der Waals surface area contributed by atoms with Gasteiger partial charge >= 0.3 is 0 Å². The molecule has 2 aromatic rings. The van der Waals surface area contributed by atoms with Crippen LogP contribution in [0.5, 0.6) is 5.88 Å². The minimum Gasteiger partial charge on any atom is -0.476 e. The highest BCUT2D eigenvalue weighted by atomic mass is 35.5. The first kappa shape index (κ1) is 17.5. The third-order valence-corrected chi connectivity index (χ3v) is 3.58. The lowest BCUT2D eigenvalue weighted by atomic mass is 10.1. The van der Waals surface area contributed by atoms with Crippen LogP contribution >= 0.6 is 24.0 Å². The molecule has 1 amide bonds. The molecule has 0 saturated heterocycles. The van der Waals surface area contributed by atoms with Crippen LogP contribution in [-0.2, 0) is 13.0 Å². The average Bonchev–Trinajstić information content (AvgIpc) is 2.97. The molecule has 0 atom stereocenters. The fourth-order valence-corrected chi connectivity index (χ4v) is 2.38. The van der Waals surface area contributed by atoms with Crippen molar-refractivity contribution in [3.63, 3.8) is 0 Å². The lowest BCUT2D eigenvalue weighted by Crippen LogP contribution is -2.31. The summed E-state index contributed by atoms with van der Waals surface area (Å²) in [5.41, 5.74) is 2.43. The molecule has 2 aromatic heterocycles. The van der Waals surface area contributed by atoms with E-state index in [0.29, 0.717) is 36.3 Å². The highest BCUT2D eigenvalue weighted by Crippen LogP contribution is 2.15. The summed E-state index contributed by atoms with van der Waals surface area (Å²) < 4.78 is 5.42. The van der Waals surface area contributed by atoms with E-state index < -0.39 is 0 Å². The Morgan fingerprint density at radius 3 is 3.09 bits per heavy atom. The lowest BCUT2D eigenvalue weighted by Gasteiger charge is -2.12. The Labute approximate surface area is 144 Å². The maximum atomic E-state index is 12.1. The molecule has 3 heterocycles. The van der Waals surface area contributed by atoms with Crippen molar-refractivity contribution in [3.05, 3.63) is 40.3 Å². The fraction of sp³-hybridized carbons (Fsp3) is 0.357. The molecule has 1 aliphatic heterocycles. The van der Waals surface area contributed by atoms with Crippen molar-refractivity contribution in [1.82, 2.24) is 25.8 Å². The van der Waals surface area contributed by atoms with Gasteiger partial charge in [0, 0.05) is 43.0 Å². The molecule has 3 rings (SSSR count). The smallest absolute Gasteiger partial charge is 0.272 e. The average molecular weight is 358 g/mol. The molecule has 1 aliphatic rings. The van der Waals surface area contributed by atoms with Crippen molar-refractivity contribution in [2.45, 2.75) is 13.0 Å². The minimum absolute atomic E-state index is 0. The van der Waals surface area contributed by atoms with Crippen molar-refractivity contribution in [1.29, 1.82) is 0 Å². The molecule has 23 heavy (non-hydrogen) atoms. The molecule has 0 unspecified atom stereocenters. The van der Waals surface area contributed by atoms with Crippen LogP contribution < -0.4 is 15.4 Å². The van der Waals surface area contributed by atoms with E-state index in [1.165, 1.54) is 6.20 Å². The van der Waals surface area contributed by atoms with Gasteiger partial charge in [-0.1, -0.05) is 11.6 Å². The van der Waals surface area contributed by atoms with Crippen molar-refractivity contribution in [2.24, 2.45) is 0 Å². The van der Waals surface area contributed by atoms with Crippen LogP contribution in [0.1, 0.15) is 21.7 Å². The predicted molar refractivity (Wildman–Crippen MR) is 88.3 cm³/mol. The van der Waals surface area contributed by atoms with Crippen molar-refractivity contribution < 1.29 is 9.53 Å². The molecule has 0 aromatic carbocycles. The highest BCUT2D eigenvalue weighted by Gasteiger charge is 2.21. The number of pyridine rings is 1. The number of hydrogen-bond acceptors (Lipinski definition) is 5. The molecular formula is C14H17Cl2N5O2. The summed E-state index contributed by atoms with van der Waals surface area (Å²) >= 11 is 5.74. The van der Waals surface area contributed by atoms with E-state index in [0.717, 1.165) is 24.2 Å². The van der Waals surface area contributed by atoms with Crippen LogP contribution in [-0.4, -0.2) is 40.8 Å². The Bertz CT molecular complexity index is 660. The van der Waals surface area contributed by atoms with Crippen LogP contribution in [0.15, 0.2) is 18.3 Å². The second kappa shape index (κ2) is 8.14. The molecule has 9 heteroatoms. The number of carbonyl (C=O) groups excluding carboxylic acids is 1. The van der Waals surface area contributed by atoms with E-state index in [-0.39, 0.29) is 18.3 Å². The molecule has 0 fully saturated rings. The van der Waals surface area contributed by atoms with Crippen LogP contribution in [0, 0.1) is 0 Å². The van der Waals surface area contributed by atoms with E-state index >= 15 is 0 Å². The zero-order valence-corrected chi connectivity index (χ0v) is 13.8. The van der Waals surface area contributed by atoms with Gasteiger partial charge in [-0.25, -0.2) is 4.98 Å². The summed E-state index contributed by atoms with van der Waals surface area (Å²) in [5, 5.41) is 13.6. The Morgan fingerprint density at radius 1 is 1.43 bits per heavy atom. The van der Waals surface area contributed by atoms with Crippen molar-refractivity contribution in [3.8, 4) is 5.88 Å². The Morgan fingerprint density at radius 2 is 2.30 bits per heavy atom. The second-order valence-corrected chi connectivity index (χ2v) is 5.31. The normalized spacial score (nSPS) is 12.9. The summed E-state index contributed by atoms with van der Waals surface area (Å²) in [5.74, 6) is 0.272. The van der Waals surface area contributed by atoms with E-state index in [9.17, 15) is 4.79 Å². The molecule has 0 radical (unpaired) electrons. The maximum absolute atomic E-state index is 12.1. The number of ether oxygens (including phenoxy) is 1. The number of hydrogen-bond donors (Lipinski definition) is 3. The van der Waals surface area contributed by atoms with E-state index in [2.05, 4.69) is 25.8 Å². The van der Waals surface area contributed by atoms with Gasteiger partial charge in [-0.05, 0) is 6.07 Å². The summed E-state index contributed by atoms with van der Waals surface area (Å²) in [6, 6.07) is 3.38. The maximum Gasteiger partial charge on any atom is 0.272 e. The summed E-state index contributed by atoms with van der Waals surface area (Å²) in [4.78, 5) is 16.1. The number of rotatable bonds is 5. The van der Waals surface area contributed by atoms with Crippen LogP contribution in [0.3, 0.4) is 0 Å². The van der Waals surface area contributed by atoms with Gasteiger partial charge in [0.2, 0.25) is 5.88 Å². The Kier molecular flexibility index (Phi) is 6.20. The second-order valence-electron chi connectivity index (χ2n) is 4.88. The van der Waals surface area contributed by atoms with Crippen LogP contribution in [0.2, 0.25) is 5.02 Å². The summed E-state index contributed by atoms with van der Waals surface area (Å²) in [7, 11) is 0. The SMILES string of the molecule is Cl.O=C(NCCOc1ccc(Cl)cn1)c1n[nH]c2c1CNCC2. The zero-order valence-electron chi connectivity index (χ0n) is 12.3. The molecule has 3 N–H and O–H groups in total. The topological polar surface area (TPSA) is 91.9 Å². The predicted octanol–water partition coefficient (Wildman–Crippen LogP) is 1.33. The zero-order chi connectivity index (χ0) is 15.4. The largest absolute Gasteiger partial charge is 0.476 e. The quantitative estimate of drug-likeness (QED) is 0.702. The third-order valence-electron chi connectivity index (χ3n) is 3.36. The number of halogens is 2. The number of fused-ring (bicyclic) bond motifs is 1. The minimum atomic E-state index is -0.200. The van der Waals surface area contributed by atoms with Gasteiger partial charge in [0.1, 0.15) is 6.61 Å². The molecule has 0 bridgehead atoms. The molecule has 0 spiro atoms.